The number of likely N-dealkylation sites (tertiary alicyclic amines) is 1. The normalized spacial score (nSPS) is 26.8. The van der Waals surface area contributed by atoms with Crippen LogP contribution >= 0.6 is 0 Å². The van der Waals surface area contributed by atoms with E-state index in [1.54, 1.807) is 0 Å². The molecule has 2 rings (SSSR count). The van der Waals surface area contributed by atoms with E-state index in [4.69, 9.17) is 5.73 Å². The van der Waals surface area contributed by atoms with Crippen molar-refractivity contribution in [3.05, 3.63) is 0 Å². The molecule has 4 nitrogen and oxygen atoms in total. The summed E-state index contributed by atoms with van der Waals surface area (Å²) in [7, 11) is 4.18. The summed E-state index contributed by atoms with van der Waals surface area (Å²) in [6.45, 7) is 2.43. The summed E-state index contributed by atoms with van der Waals surface area (Å²) in [5, 5.41) is 0. The van der Waals surface area contributed by atoms with Gasteiger partial charge in [0.05, 0.1) is 5.41 Å². The maximum atomic E-state index is 13.1. The fraction of sp³-hybridized carbons (Fsp3) is 0.938. The number of carbonyl (C=O) groups excluding carboxylic acids is 1. The molecule has 1 aliphatic carbocycles. The fourth-order valence-corrected chi connectivity index (χ4v) is 3.93. The predicted octanol–water partition coefficient (Wildman–Crippen LogP) is 1.84. The van der Waals surface area contributed by atoms with E-state index in [1.807, 2.05) is 0 Å². The van der Waals surface area contributed by atoms with Gasteiger partial charge in [0, 0.05) is 25.7 Å². The first kappa shape index (κ1) is 15.8. The van der Waals surface area contributed by atoms with Gasteiger partial charge in [0.15, 0.2) is 0 Å². The summed E-state index contributed by atoms with van der Waals surface area (Å²) in [6.07, 6.45) is 9.12. The molecule has 116 valence electrons. The van der Waals surface area contributed by atoms with Gasteiger partial charge in [0.25, 0.3) is 0 Å². The molecule has 0 bridgehead atoms. The van der Waals surface area contributed by atoms with Crippen molar-refractivity contribution < 1.29 is 4.79 Å². The molecule has 0 aromatic heterocycles. The highest BCUT2D eigenvalue weighted by Crippen LogP contribution is 2.37. The number of nitrogens with two attached hydrogens (primary N) is 1. The van der Waals surface area contributed by atoms with E-state index in [9.17, 15) is 4.79 Å². The smallest absolute Gasteiger partial charge is 0.230 e. The number of amides is 1. The van der Waals surface area contributed by atoms with Gasteiger partial charge in [-0.15, -0.1) is 0 Å². The number of nitrogens with zero attached hydrogens (tertiary/aromatic N) is 2. The van der Waals surface area contributed by atoms with Crippen LogP contribution in [0.1, 0.15) is 51.4 Å². The maximum absolute atomic E-state index is 13.1. The Morgan fingerprint density at radius 3 is 2.40 bits per heavy atom. The average molecular weight is 281 g/mol. The third-order valence-electron chi connectivity index (χ3n) is 5.12. The molecule has 1 atom stereocenters. The first-order valence-corrected chi connectivity index (χ1v) is 8.25. The third-order valence-corrected chi connectivity index (χ3v) is 5.12. The van der Waals surface area contributed by atoms with Crippen LogP contribution in [0.3, 0.4) is 0 Å². The molecule has 1 saturated heterocycles. The zero-order chi connectivity index (χ0) is 14.6. The highest BCUT2D eigenvalue weighted by atomic mass is 16.2. The van der Waals surface area contributed by atoms with Crippen molar-refractivity contribution in [1.82, 2.24) is 9.80 Å². The van der Waals surface area contributed by atoms with Crippen molar-refractivity contribution >= 4 is 5.91 Å². The van der Waals surface area contributed by atoms with E-state index in [0.717, 1.165) is 51.6 Å². The van der Waals surface area contributed by atoms with E-state index in [-0.39, 0.29) is 5.41 Å². The molecule has 1 unspecified atom stereocenters. The topological polar surface area (TPSA) is 49.6 Å². The van der Waals surface area contributed by atoms with Gasteiger partial charge in [-0.25, -0.2) is 0 Å². The lowest BCUT2D eigenvalue weighted by molar-refractivity contribution is -0.143. The Morgan fingerprint density at radius 2 is 1.85 bits per heavy atom. The van der Waals surface area contributed by atoms with Crippen LogP contribution in [0, 0.1) is 5.41 Å². The highest BCUT2D eigenvalue weighted by molar-refractivity contribution is 5.83. The molecule has 0 aromatic rings. The molecule has 2 aliphatic rings. The van der Waals surface area contributed by atoms with E-state index in [0.29, 0.717) is 18.5 Å². The monoisotopic (exact) mass is 281 g/mol. The summed E-state index contributed by atoms with van der Waals surface area (Å²) in [4.78, 5) is 17.5. The Kier molecular flexibility index (Phi) is 5.44. The minimum absolute atomic E-state index is 0.259. The first-order valence-electron chi connectivity index (χ1n) is 8.25. The van der Waals surface area contributed by atoms with Gasteiger partial charge in [0.1, 0.15) is 0 Å². The van der Waals surface area contributed by atoms with Crippen molar-refractivity contribution in [2.45, 2.75) is 57.4 Å². The molecule has 1 amide bonds. The van der Waals surface area contributed by atoms with Gasteiger partial charge in [-0.1, -0.05) is 25.7 Å². The number of carbonyl (C=O) groups is 1. The van der Waals surface area contributed by atoms with Gasteiger partial charge in [0.2, 0.25) is 5.91 Å². The van der Waals surface area contributed by atoms with Crippen LogP contribution in [0.15, 0.2) is 0 Å². The van der Waals surface area contributed by atoms with Crippen molar-refractivity contribution in [2.24, 2.45) is 11.1 Å². The molecular formula is C16H31N3O. The lowest BCUT2D eigenvalue weighted by atomic mass is 9.79. The number of hydrogen-bond donors (Lipinski definition) is 1. The summed E-state index contributed by atoms with van der Waals surface area (Å²) in [5.41, 5.74) is 5.81. The molecule has 1 aliphatic heterocycles. The second-order valence-electron chi connectivity index (χ2n) is 6.96. The summed E-state index contributed by atoms with van der Waals surface area (Å²) >= 11 is 0. The lowest BCUT2D eigenvalue weighted by Crippen LogP contribution is -2.51. The highest BCUT2D eigenvalue weighted by Gasteiger charge is 2.43. The number of hydrogen-bond acceptors (Lipinski definition) is 3. The van der Waals surface area contributed by atoms with Gasteiger partial charge >= 0.3 is 0 Å². The molecule has 0 spiro atoms. The van der Waals surface area contributed by atoms with Crippen molar-refractivity contribution in [3.8, 4) is 0 Å². The minimum Gasteiger partial charge on any atom is -0.338 e. The van der Waals surface area contributed by atoms with Crippen LogP contribution in [0.25, 0.3) is 0 Å². The Bertz CT molecular complexity index is 322. The van der Waals surface area contributed by atoms with Crippen molar-refractivity contribution in [2.75, 3.05) is 33.7 Å². The zero-order valence-electron chi connectivity index (χ0n) is 13.2. The van der Waals surface area contributed by atoms with E-state index in [1.165, 1.54) is 12.8 Å². The van der Waals surface area contributed by atoms with Crippen molar-refractivity contribution in [3.63, 3.8) is 0 Å². The molecule has 2 N–H and O–H groups in total. The van der Waals surface area contributed by atoms with Crippen LogP contribution in [-0.4, -0.2) is 55.5 Å². The lowest BCUT2D eigenvalue weighted by Gasteiger charge is -2.37. The Hall–Kier alpha value is -0.610. The SMILES string of the molecule is CN(C)CC1CCCN1C(=O)C1(CN)CCCCCC1. The Morgan fingerprint density at radius 1 is 1.20 bits per heavy atom. The Labute approximate surface area is 123 Å². The van der Waals surface area contributed by atoms with Gasteiger partial charge in [-0.05, 0) is 39.8 Å². The third kappa shape index (κ3) is 3.34. The molecular weight excluding hydrogens is 250 g/mol. The van der Waals surface area contributed by atoms with Gasteiger partial charge in [-0.2, -0.15) is 0 Å². The summed E-state index contributed by atoms with van der Waals surface area (Å²) in [5.74, 6) is 0.353. The quantitative estimate of drug-likeness (QED) is 0.800. The maximum Gasteiger partial charge on any atom is 0.230 e. The van der Waals surface area contributed by atoms with Crippen molar-refractivity contribution in [1.29, 1.82) is 0 Å². The second-order valence-corrected chi connectivity index (χ2v) is 6.96. The summed E-state index contributed by atoms with van der Waals surface area (Å²) in [6, 6.07) is 0.393. The molecule has 1 saturated carbocycles. The van der Waals surface area contributed by atoms with E-state index in [2.05, 4.69) is 23.9 Å². The van der Waals surface area contributed by atoms with E-state index < -0.39 is 0 Å². The molecule has 0 radical (unpaired) electrons. The van der Waals surface area contributed by atoms with Crippen LogP contribution in [-0.2, 0) is 4.79 Å². The zero-order valence-corrected chi connectivity index (χ0v) is 13.2. The molecule has 0 aromatic carbocycles. The average Bonchev–Trinajstić information content (AvgIpc) is 2.73. The fourth-order valence-electron chi connectivity index (χ4n) is 3.93. The second kappa shape index (κ2) is 6.90. The summed E-state index contributed by atoms with van der Waals surface area (Å²) < 4.78 is 0. The first-order chi connectivity index (χ1) is 9.59. The molecule has 1 heterocycles. The predicted molar refractivity (Wildman–Crippen MR) is 82.5 cm³/mol. The van der Waals surface area contributed by atoms with E-state index >= 15 is 0 Å². The Balaban J connectivity index is 2.10. The van der Waals surface area contributed by atoms with Crippen LogP contribution in [0.4, 0.5) is 0 Å². The minimum atomic E-state index is -0.259. The molecule has 4 heteroatoms. The van der Waals surface area contributed by atoms with Gasteiger partial charge < -0.3 is 15.5 Å². The largest absolute Gasteiger partial charge is 0.338 e. The van der Waals surface area contributed by atoms with Gasteiger partial charge in [-0.3, -0.25) is 4.79 Å². The standard InChI is InChI=1S/C16H31N3O/c1-18(2)12-14-8-7-11-19(14)15(20)16(13-17)9-5-3-4-6-10-16/h14H,3-13,17H2,1-2H3. The molecule has 20 heavy (non-hydrogen) atoms. The van der Waals surface area contributed by atoms with Crippen LogP contribution in [0.5, 0.6) is 0 Å². The molecule has 2 fully saturated rings. The number of likely N-dealkylation sites (N-methyl/N-ethyl adjacent to an activating group) is 1. The number of rotatable bonds is 4. The van der Waals surface area contributed by atoms with Crippen LogP contribution < -0.4 is 5.73 Å². The van der Waals surface area contributed by atoms with Crippen LogP contribution in [0.2, 0.25) is 0 Å².